The second-order valence-electron chi connectivity index (χ2n) is 3.48. The van der Waals surface area contributed by atoms with Gasteiger partial charge in [0.25, 0.3) is 0 Å². The van der Waals surface area contributed by atoms with Gasteiger partial charge in [-0.3, -0.25) is 4.79 Å². The molecule has 0 aliphatic rings. The molecule has 96 valence electrons. The van der Waals surface area contributed by atoms with Gasteiger partial charge in [-0.2, -0.15) is 0 Å². The van der Waals surface area contributed by atoms with E-state index in [0.717, 1.165) is 0 Å². The van der Waals surface area contributed by atoms with Crippen LogP contribution in [-0.4, -0.2) is 56.9 Å². The van der Waals surface area contributed by atoms with E-state index in [9.17, 15) is 13.2 Å². The third kappa shape index (κ3) is 6.76. The number of hydrogen-bond acceptors (Lipinski definition) is 4. The predicted molar refractivity (Wildman–Crippen MR) is 59.8 cm³/mol. The molecule has 0 unspecified atom stereocenters. The second-order valence-corrected chi connectivity index (χ2v) is 5.68. The Balaban J connectivity index is 3.96. The molecule has 0 radical (unpaired) electrons. The van der Waals surface area contributed by atoms with E-state index < -0.39 is 16.0 Å². The highest BCUT2D eigenvalue weighted by molar-refractivity contribution is 7.89. The molecule has 0 bridgehead atoms. The van der Waals surface area contributed by atoms with Gasteiger partial charge in [0, 0.05) is 33.7 Å². The van der Waals surface area contributed by atoms with E-state index >= 15 is 0 Å². The van der Waals surface area contributed by atoms with Crippen molar-refractivity contribution in [2.75, 3.05) is 33.1 Å². The van der Waals surface area contributed by atoms with Crippen molar-refractivity contribution in [2.45, 2.75) is 19.3 Å². The molecule has 0 aliphatic carbocycles. The molecule has 16 heavy (non-hydrogen) atoms. The minimum absolute atomic E-state index is 0.120. The average molecular weight is 253 g/mol. The van der Waals surface area contributed by atoms with Gasteiger partial charge in [0.15, 0.2) is 0 Å². The number of ether oxygens (including phenoxy) is 1. The summed E-state index contributed by atoms with van der Waals surface area (Å²) in [5, 5.41) is 8.40. The average Bonchev–Trinajstić information content (AvgIpc) is 2.17. The Hall–Kier alpha value is -0.660. The molecule has 0 aliphatic heterocycles. The van der Waals surface area contributed by atoms with E-state index in [-0.39, 0.29) is 18.6 Å². The molecule has 0 aromatic heterocycles. The maximum absolute atomic E-state index is 11.6. The Labute approximate surface area is 96.2 Å². The third-order valence-electron chi connectivity index (χ3n) is 2.09. The van der Waals surface area contributed by atoms with Crippen LogP contribution in [0.3, 0.4) is 0 Å². The van der Waals surface area contributed by atoms with Crippen molar-refractivity contribution < 1.29 is 23.1 Å². The van der Waals surface area contributed by atoms with Crippen LogP contribution in [0.25, 0.3) is 0 Å². The Bertz CT molecular complexity index is 301. The summed E-state index contributed by atoms with van der Waals surface area (Å²) in [6.07, 6.45) is 0.655. The number of hydrogen-bond donors (Lipinski definition) is 1. The Morgan fingerprint density at radius 1 is 1.38 bits per heavy atom. The standard InChI is InChI=1S/C9H19NO5S/c1-10(6-4-7-15-2)16(13,14)8-3-5-9(11)12/h3-8H2,1-2H3,(H,11,12). The minimum atomic E-state index is -3.32. The van der Waals surface area contributed by atoms with Crippen molar-refractivity contribution in [1.29, 1.82) is 0 Å². The van der Waals surface area contributed by atoms with Crippen LogP contribution in [0.5, 0.6) is 0 Å². The van der Waals surface area contributed by atoms with Gasteiger partial charge in [-0.05, 0) is 12.8 Å². The van der Waals surface area contributed by atoms with Gasteiger partial charge in [0.1, 0.15) is 0 Å². The fourth-order valence-electron chi connectivity index (χ4n) is 1.13. The van der Waals surface area contributed by atoms with Crippen molar-refractivity contribution in [3.05, 3.63) is 0 Å². The van der Waals surface area contributed by atoms with Gasteiger partial charge < -0.3 is 9.84 Å². The molecule has 0 saturated carbocycles. The minimum Gasteiger partial charge on any atom is -0.481 e. The van der Waals surface area contributed by atoms with Crippen LogP contribution in [-0.2, 0) is 19.6 Å². The first-order valence-corrected chi connectivity index (χ1v) is 6.66. The maximum atomic E-state index is 11.6. The largest absolute Gasteiger partial charge is 0.481 e. The Morgan fingerprint density at radius 2 is 2.00 bits per heavy atom. The summed E-state index contributed by atoms with van der Waals surface area (Å²) in [7, 11) is -0.273. The summed E-state index contributed by atoms with van der Waals surface area (Å²) in [5.74, 6) is -1.10. The number of methoxy groups -OCH3 is 1. The zero-order valence-electron chi connectivity index (χ0n) is 9.68. The van der Waals surface area contributed by atoms with Crippen molar-refractivity contribution in [2.24, 2.45) is 0 Å². The van der Waals surface area contributed by atoms with Crippen LogP contribution in [0, 0.1) is 0 Å². The molecular formula is C9H19NO5S. The molecule has 0 rings (SSSR count). The SMILES string of the molecule is COCCCN(C)S(=O)(=O)CCCC(=O)O. The van der Waals surface area contributed by atoms with Crippen LogP contribution >= 0.6 is 0 Å². The lowest BCUT2D eigenvalue weighted by atomic mass is 10.3. The predicted octanol–water partition coefficient (Wildman–Crippen LogP) is 0.149. The van der Waals surface area contributed by atoms with E-state index in [0.29, 0.717) is 19.6 Å². The fourth-order valence-corrected chi connectivity index (χ4v) is 2.36. The van der Waals surface area contributed by atoms with Crippen LogP contribution in [0.2, 0.25) is 0 Å². The highest BCUT2D eigenvalue weighted by atomic mass is 32.2. The van der Waals surface area contributed by atoms with Gasteiger partial charge in [0.2, 0.25) is 10.0 Å². The van der Waals surface area contributed by atoms with Gasteiger partial charge in [-0.25, -0.2) is 12.7 Å². The first-order valence-electron chi connectivity index (χ1n) is 5.05. The Morgan fingerprint density at radius 3 is 2.50 bits per heavy atom. The highest BCUT2D eigenvalue weighted by Crippen LogP contribution is 2.03. The summed E-state index contributed by atoms with van der Waals surface area (Å²) in [6.45, 7) is 0.901. The summed E-state index contributed by atoms with van der Waals surface area (Å²) in [5.41, 5.74) is 0. The van der Waals surface area contributed by atoms with Crippen LogP contribution in [0.15, 0.2) is 0 Å². The lowest BCUT2D eigenvalue weighted by Gasteiger charge is -2.16. The number of sulfonamides is 1. The van der Waals surface area contributed by atoms with Gasteiger partial charge in [0.05, 0.1) is 5.75 Å². The zero-order chi connectivity index (χ0) is 12.6. The van der Waals surface area contributed by atoms with Crippen molar-refractivity contribution in [1.82, 2.24) is 4.31 Å². The van der Waals surface area contributed by atoms with Gasteiger partial charge in [-0.15, -0.1) is 0 Å². The first kappa shape index (κ1) is 15.3. The number of carboxylic acids is 1. The lowest BCUT2D eigenvalue weighted by molar-refractivity contribution is -0.137. The molecule has 7 heteroatoms. The van der Waals surface area contributed by atoms with Gasteiger partial charge >= 0.3 is 5.97 Å². The third-order valence-corrected chi connectivity index (χ3v) is 4.03. The van der Waals surface area contributed by atoms with E-state index in [1.54, 1.807) is 7.11 Å². The van der Waals surface area contributed by atoms with Crippen LogP contribution < -0.4 is 0 Å². The van der Waals surface area contributed by atoms with Crippen molar-refractivity contribution in [3.63, 3.8) is 0 Å². The van der Waals surface area contributed by atoms with Crippen molar-refractivity contribution >= 4 is 16.0 Å². The first-order chi connectivity index (χ1) is 7.40. The smallest absolute Gasteiger partial charge is 0.303 e. The van der Waals surface area contributed by atoms with E-state index in [2.05, 4.69) is 0 Å². The molecular weight excluding hydrogens is 234 g/mol. The van der Waals surface area contributed by atoms with Crippen molar-refractivity contribution in [3.8, 4) is 0 Å². The molecule has 0 aromatic rings. The number of nitrogens with zero attached hydrogens (tertiary/aromatic N) is 1. The number of aliphatic carboxylic acids is 1. The maximum Gasteiger partial charge on any atom is 0.303 e. The van der Waals surface area contributed by atoms with E-state index in [4.69, 9.17) is 9.84 Å². The molecule has 0 saturated heterocycles. The quantitative estimate of drug-likeness (QED) is 0.591. The van der Waals surface area contributed by atoms with Crippen LogP contribution in [0.1, 0.15) is 19.3 Å². The molecule has 6 nitrogen and oxygen atoms in total. The second kappa shape index (κ2) is 7.59. The molecule has 0 heterocycles. The normalized spacial score (nSPS) is 11.9. The number of carboxylic acid groups (broad SMARTS) is 1. The number of carbonyl (C=O) groups is 1. The topological polar surface area (TPSA) is 83.9 Å². The summed E-state index contributed by atoms with van der Waals surface area (Å²) < 4.78 is 29.3. The fraction of sp³-hybridized carbons (Fsp3) is 0.889. The molecule has 0 amide bonds. The molecule has 0 aromatic carbocycles. The summed E-state index contributed by atoms with van der Waals surface area (Å²) in [4.78, 5) is 10.2. The van der Waals surface area contributed by atoms with Crippen LogP contribution in [0.4, 0.5) is 0 Å². The van der Waals surface area contributed by atoms with E-state index in [1.165, 1.54) is 11.4 Å². The highest BCUT2D eigenvalue weighted by Gasteiger charge is 2.17. The Kier molecular flexibility index (Phi) is 7.27. The van der Waals surface area contributed by atoms with E-state index in [1.807, 2.05) is 0 Å². The summed E-state index contributed by atoms with van der Waals surface area (Å²) in [6, 6.07) is 0. The monoisotopic (exact) mass is 253 g/mol. The molecule has 1 N–H and O–H groups in total. The van der Waals surface area contributed by atoms with Gasteiger partial charge in [-0.1, -0.05) is 0 Å². The number of rotatable bonds is 9. The molecule has 0 fully saturated rings. The molecule has 0 spiro atoms. The molecule has 0 atom stereocenters. The summed E-state index contributed by atoms with van der Waals surface area (Å²) >= 11 is 0. The lowest BCUT2D eigenvalue weighted by Crippen LogP contribution is -2.30. The zero-order valence-corrected chi connectivity index (χ0v) is 10.5.